The Bertz CT molecular complexity index is 1310. The van der Waals surface area contributed by atoms with Crippen LogP contribution in [0, 0.1) is 5.41 Å². The Morgan fingerprint density at radius 3 is 2.29 bits per heavy atom. The van der Waals surface area contributed by atoms with Gasteiger partial charge in [-0.25, -0.2) is 4.79 Å². The van der Waals surface area contributed by atoms with E-state index < -0.39 is 12.1 Å². The first kappa shape index (κ1) is 25.8. The maximum Gasteiger partial charge on any atom is 0.407 e. The highest BCUT2D eigenvalue weighted by Crippen LogP contribution is 2.41. The number of aromatic nitrogens is 1. The summed E-state index contributed by atoms with van der Waals surface area (Å²) >= 11 is 0. The number of aryl methyl sites for hydroxylation is 1. The van der Waals surface area contributed by atoms with E-state index in [0.29, 0.717) is 38.3 Å². The number of fused-ring (bicyclic) bond motifs is 1. The molecular weight excluding hydrogens is 480 g/mol. The van der Waals surface area contributed by atoms with E-state index in [1.165, 1.54) is 0 Å². The Morgan fingerprint density at radius 2 is 1.61 bits per heavy atom. The van der Waals surface area contributed by atoms with Crippen molar-refractivity contribution in [3.05, 3.63) is 71.9 Å². The first-order valence-electron chi connectivity index (χ1n) is 13.5. The fourth-order valence-corrected chi connectivity index (χ4v) is 5.96. The van der Waals surface area contributed by atoms with Crippen molar-refractivity contribution in [2.45, 2.75) is 38.6 Å². The van der Waals surface area contributed by atoms with E-state index in [1.807, 2.05) is 82.1 Å². The zero-order chi connectivity index (χ0) is 26.7. The molecule has 2 aromatic carbocycles. The monoisotopic (exact) mass is 516 g/mol. The molecule has 2 saturated heterocycles. The summed E-state index contributed by atoms with van der Waals surface area (Å²) in [6, 6.07) is 19.0. The SMILES string of the molecule is CCOC(=O)NC(Cc1ccccc1)C(=O)N1CCC2(CCN(C(=O)c3cc4ccccc4n3C)CC2)C1. The van der Waals surface area contributed by atoms with Crippen LogP contribution in [-0.4, -0.2) is 71.1 Å². The third-order valence-corrected chi connectivity index (χ3v) is 8.18. The number of amides is 3. The van der Waals surface area contributed by atoms with Gasteiger partial charge in [0.1, 0.15) is 11.7 Å². The van der Waals surface area contributed by atoms with Gasteiger partial charge in [-0.05, 0) is 49.3 Å². The molecule has 2 aliphatic heterocycles. The number of alkyl carbamates (subject to hydrolysis) is 1. The van der Waals surface area contributed by atoms with Crippen LogP contribution in [0.1, 0.15) is 42.2 Å². The van der Waals surface area contributed by atoms with Gasteiger partial charge in [-0.15, -0.1) is 0 Å². The molecule has 3 aromatic rings. The number of hydrogen-bond donors (Lipinski definition) is 1. The van der Waals surface area contributed by atoms with Gasteiger partial charge in [0.25, 0.3) is 5.91 Å². The molecule has 1 N–H and O–H groups in total. The third-order valence-electron chi connectivity index (χ3n) is 8.18. The second-order valence-corrected chi connectivity index (χ2v) is 10.6. The quantitative estimate of drug-likeness (QED) is 0.537. The molecule has 38 heavy (non-hydrogen) atoms. The van der Waals surface area contributed by atoms with Crippen LogP contribution in [0.15, 0.2) is 60.7 Å². The molecule has 2 fully saturated rings. The Kier molecular flexibility index (Phi) is 7.40. The molecule has 0 aliphatic carbocycles. The minimum absolute atomic E-state index is 0.00653. The van der Waals surface area contributed by atoms with Gasteiger partial charge >= 0.3 is 6.09 Å². The molecule has 1 spiro atoms. The maximum absolute atomic E-state index is 13.6. The van der Waals surface area contributed by atoms with E-state index in [4.69, 9.17) is 4.74 Å². The molecule has 0 saturated carbocycles. The molecule has 200 valence electrons. The molecule has 5 rings (SSSR count). The number of carbonyl (C=O) groups excluding carboxylic acids is 3. The molecule has 0 bridgehead atoms. The van der Waals surface area contributed by atoms with E-state index in [2.05, 4.69) is 5.32 Å². The summed E-state index contributed by atoms with van der Waals surface area (Å²) < 4.78 is 7.04. The van der Waals surface area contributed by atoms with Gasteiger partial charge in [0.05, 0.1) is 6.61 Å². The zero-order valence-corrected chi connectivity index (χ0v) is 22.2. The molecule has 2 aliphatic rings. The summed E-state index contributed by atoms with van der Waals surface area (Å²) in [4.78, 5) is 43.0. The number of nitrogens with zero attached hydrogens (tertiary/aromatic N) is 3. The van der Waals surface area contributed by atoms with Gasteiger partial charge in [0, 0.05) is 50.6 Å². The highest BCUT2D eigenvalue weighted by molar-refractivity contribution is 5.98. The van der Waals surface area contributed by atoms with Crippen LogP contribution in [0.4, 0.5) is 4.79 Å². The van der Waals surface area contributed by atoms with Crippen LogP contribution in [0.25, 0.3) is 10.9 Å². The molecule has 3 amide bonds. The third kappa shape index (κ3) is 5.26. The van der Waals surface area contributed by atoms with E-state index in [-0.39, 0.29) is 23.8 Å². The molecule has 1 unspecified atom stereocenters. The number of para-hydroxylation sites is 1. The second-order valence-electron chi connectivity index (χ2n) is 10.6. The summed E-state index contributed by atoms with van der Waals surface area (Å²) in [5.74, 6) is -0.0150. The highest BCUT2D eigenvalue weighted by Gasteiger charge is 2.44. The van der Waals surface area contributed by atoms with Crippen LogP contribution >= 0.6 is 0 Å². The summed E-state index contributed by atoms with van der Waals surface area (Å²) in [5, 5.41) is 3.85. The number of hydrogen-bond acceptors (Lipinski definition) is 4. The standard InChI is InChI=1S/C30H36N4O4/c1-3-38-29(37)31-24(19-22-9-5-4-6-10-22)27(35)34-18-15-30(21-34)13-16-33(17-14-30)28(36)26-20-23-11-7-8-12-25(23)32(26)2/h4-12,20,24H,3,13-19,21H2,1-2H3,(H,31,37). The van der Waals surface area contributed by atoms with Crippen molar-refractivity contribution in [2.75, 3.05) is 32.8 Å². The molecule has 3 heterocycles. The molecule has 8 nitrogen and oxygen atoms in total. The number of likely N-dealkylation sites (tertiary alicyclic amines) is 2. The van der Waals surface area contributed by atoms with Crippen molar-refractivity contribution < 1.29 is 19.1 Å². The molecular formula is C30H36N4O4. The molecule has 1 aromatic heterocycles. The maximum atomic E-state index is 13.6. The molecule has 0 radical (unpaired) electrons. The second kappa shape index (κ2) is 10.9. The predicted molar refractivity (Wildman–Crippen MR) is 146 cm³/mol. The lowest BCUT2D eigenvalue weighted by molar-refractivity contribution is -0.132. The number of benzene rings is 2. The van der Waals surface area contributed by atoms with Crippen molar-refractivity contribution in [2.24, 2.45) is 12.5 Å². The van der Waals surface area contributed by atoms with Crippen molar-refractivity contribution in [3.63, 3.8) is 0 Å². The lowest BCUT2D eigenvalue weighted by atomic mass is 9.77. The van der Waals surface area contributed by atoms with Gasteiger partial charge < -0.3 is 24.4 Å². The summed E-state index contributed by atoms with van der Waals surface area (Å²) in [7, 11) is 1.94. The largest absolute Gasteiger partial charge is 0.450 e. The number of carbonyl (C=O) groups is 3. The minimum atomic E-state index is -0.681. The predicted octanol–water partition coefficient (Wildman–Crippen LogP) is 3.99. The highest BCUT2D eigenvalue weighted by atomic mass is 16.5. The topological polar surface area (TPSA) is 83.9 Å². The smallest absolute Gasteiger partial charge is 0.407 e. The Hall–Kier alpha value is -3.81. The summed E-state index contributed by atoms with van der Waals surface area (Å²) in [5.41, 5.74) is 2.75. The van der Waals surface area contributed by atoms with Crippen molar-refractivity contribution >= 4 is 28.8 Å². The normalized spacial score (nSPS) is 17.5. The van der Waals surface area contributed by atoms with Gasteiger partial charge in [-0.2, -0.15) is 0 Å². The minimum Gasteiger partial charge on any atom is -0.450 e. The fraction of sp³-hybridized carbons (Fsp3) is 0.433. The van der Waals surface area contributed by atoms with Gasteiger partial charge in [-0.3, -0.25) is 9.59 Å². The van der Waals surface area contributed by atoms with E-state index in [1.54, 1.807) is 6.92 Å². The lowest BCUT2D eigenvalue weighted by Crippen LogP contribution is -2.50. The zero-order valence-electron chi connectivity index (χ0n) is 22.2. The van der Waals surface area contributed by atoms with Gasteiger partial charge in [-0.1, -0.05) is 48.5 Å². The Labute approximate surface area is 223 Å². The van der Waals surface area contributed by atoms with Crippen LogP contribution in [0.2, 0.25) is 0 Å². The van der Waals surface area contributed by atoms with Crippen molar-refractivity contribution in [1.29, 1.82) is 0 Å². The number of ether oxygens (including phenoxy) is 1. The van der Waals surface area contributed by atoms with E-state index >= 15 is 0 Å². The van der Waals surface area contributed by atoms with Crippen molar-refractivity contribution in [3.8, 4) is 0 Å². The van der Waals surface area contributed by atoms with Gasteiger partial charge in [0.15, 0.2) is 0 Å². The summed E-state index contributed by atoms with van der Waals surface area (Å²) in [6.07, 6.45) is 2.47. The summed E-state index contributed by atoms with van der Waals surface area (Å²) in [6.45, 7) is 4.66. The number of rotatable bonds is 6. The molecule has 1 atom stereocenters. The lowest BCUT2D eigenvalue weighted by Gasteiger charge is -2.39. The first-order chi connectivity index (χ1) is 18.4. The van der Waals surface area contributed by atoms with E-state index in [0.717, 1.165) is 35.7 Å². The number of nitrogens with one attached hydrogen (secondary N) is 1. The van der Waals surface area contributed by atoms with Crippen LogP contribution in [0.5, 0.6) is 0 Å². The Morgan fingerprint density at radius 1 is 0.947 bits per heavy atom. The van der Waals surface area contributed by atoms with Gasteiger partial charge in [0.2, 0.25) is 5.91 Å². The van der Waals surface area contributed by atoms with Crippen LogP contribution in [0.3, 0.4) is 0 Å². The Balaban J connectivity index is 1.22. The van der Waals surface area contributed by atoms with Crippen molar-refractivity contribution in [1.82, 2.24) is 19.7 Å². The van der Waals surface area contributed by atoms with Crippen LogP contribution in [-0.2, 0) is 23.0 Å². The molecule has 8 heteroatoms. The van der Waals surface area contributed by atoms with E-state index in [9.17, 15) is 14.4 Å². The van der Waals surface area contributed by atoms with Crippen LogP contribution < -0.4 is 5.32 Å². The first-order valence-corrected chi connectivity index (χ1v) is 13.5. The average molecular weight is 517 g/mol. The number of piperidine rings is 1. The fourth-order valence-electron chi connectivity index (χ4n) is 5.96. The average Bonchev–Trinajstić information content (AvgIpc) is 3.50.